The highest BCUT2D eigenvalue weighted by Crippen LogP contribution is 2.25. The van der Waals surface area contributed by atoms with Gasteiger partial charge in [0.25, 0.3) is 0 Å². The van der Waals surface area contributed by atoms with Gasteiger partial charge in [0, 0.05) is 32.0 Å². The Morgan fingerprint density at radius 3 is 2.71 bits per heavy atom. The molecule has 1 aromatic heterocycles. The lowest BCUT2D eigenvalue weighted by Gasteiger charge is -2.28. The van der Waals surface area contributed by atoms with Crippen LogP contribution in [0.25, 0.3) is 0 Å². The van der Waals surface area contributed by atoms with Crippen molar-refractivity contribution >= 4 is 0 Å². The molecule has 0 saturated heterocycles. The highest BCUT2D eigenvalue weighted by Gasteiger charge is 2.17. The summed E-state index contributed by atoms with van der Waals surface area (Å²) in [6.45, 7) is 3.72. The van der Waals surface area contributed by atoms with Crippen LogP contribution in [-0.2, 0) is 26.1 Å². The normalized spacial score (nSPS) is 14.3. The summed E-state index contributed by atoms with van der Waals surface area (Å²) in [4.78, 5) is 5.63. The van der Waals surface area contributed by atoms with Crippen LogP contribution in [0, 0.1) is 0 Å². The second-order valence-corrected chi connectivity index (χ2v) is 6.38. The lowest BCUT2D eigenvalue weighted by molar-refractivity contribution is 0.244. The number of nitrogens with one attached hydrogen (secondary N) is 1. The van der Waals surface area contributed by atoms with Gasteiger partial charge in [-0.3, -0.25) is 4.90 Å². The smallest absolute Gasteiger partial charge is 0.120 e. The average Bonchev–Trinajstić information content (AvgIpc) is 3.13. The number of aromatic nitrogens is 1. The number of rotatable bonds is 5. The zero-order chi connectivity index (χ0) is 16.2. The standard InChI is InChI=1S/C21H22N2O/c1-2-4-17(5-3-1)16-24-21-7-6-19-9-11-23(15-20(19)12-21)14-18-8-10-22-13-18/h1-8,10,12-13,22H,9,11,14-16H2. The zero-order valence-corrected chi connectivity index (χ0v) is 13.7. The molecule has 1 aliphatic rings. The van der Waals surface area contributed by atoms with Crippen molar-refractivity contribution in [3.63, 3.8) is 0 Å². The van der Waals surface area contributed by atoms with Crippen molar-refractivity contribution in [2.75, 3.05) is 6.54 Å². The molecular formula is C21H22N2O. The van der Waals surface area contributed by atoms with E-state index in [1.54, 1.807) is 0 Å². The molecule has 24 heavy (non-hydrogen) atoms. The predicted molar refractivity (Wildman–Crippen MR) is 95.8 cm³/mol. The van der Waals surface area contributed by atoms with E-state index in [4.69, 9.17) is 4.74 Å². The van der Waals surface area contributed by atoms with E-state index in [1.165, 1.54) is 22.3 Å². The first kappa shape index (κ1) is 15.0. The summed E-state index contributed by atoms with van der Waals surface area (Å²) >= 11 is 0. The first-order valence-corrected chi connectivity index (χ1v) is 8.49. The molecule has 3 heteroatoms. The van der Waals surface area contributed by atoms with E-state index in [0.717, 1.165) is 31.8 Å². The van der Waals surface area contributed by atoms with E-state index >= 15 is 0 Å². The number of hydrogen-bond acceptors (Lipinski definition) is 2. The SMILES string of the molecule is c1ccc(COc2ccc3c(c2)CN(Cc2cc[nH]c2)CC3)cc1. The minimum Gasteiger partial charge on any atom is -0.489 e. The third-order valence-corrected chi connectivity index (χ3v) is 4.59. The molecule has 0 amide bonds. The lowest BCUT2D eigenvalue weighted by Crippen LogP contribution is -2.29. The Hall–Kier alpha value is -2.52. The Labute approximate surface area is 142 Å². The van der Waals surface area contributed by atoms with Crippen molar-refractivity contribution in [1.29, 1.82) is 0 Å². The van der Waals surface area contributed by atoms with Gasteiger partial charge < -0.3 is 9.72 Å². The van der Waals surface area contributed by atoms with Crippen molar-refractivity contribution in [2.24, 2.45) is 0 Å². The molecule has 1 aliphatic heterocycles. The molecule has 2 aromatic carbocycles. The third kappa shape index (κ3) is 3.52. The molecule has 122 valence electrons. The maximum atomic E-state index is 5.98. The van der Waals surface area contributed by atoms with Crippen LogP contribution in [0.3, 0.4) is 0 Å². The average molecular weight is 318 g/mol. The minimum atomic E-state index is 0.618. The molecular weight excluding hydrogens is 296 g/mol. The molecule has 4 rings (SSSR count). The van der Waals surface area contributed by atoms with Crippen LogP contribution in [0.4, 0.5) is 0 Å². The molecule has 2 heterocycles. The van der Waals surface area contributed by atoms with Crippen molar-refractivity contribution in [2.45, 2.75) is 26.1 Å². The maximum Gasteiger partial charge on any atom is 0.120 e. The Bertz CT molecular complexity index is 781. The van der Waals surface area contributed by atoms with Gasteiger partial charge in [-0.25, -0.2) is 0 Å². The molecule has 0 aliphatic carbocycles. The predicted octanol–water partition coefficient (Wildman–Crippen LogP) is 4.15. The van der Waals surface area contributed by atoms with Gasteiger partial charge in [0.05, 0.1) is 0 Å². The molecule has 0 radical (unpaired) electrons. The summed E-state index contributed by atoms with van der Waals surface area (Å²) in [5.41, 5.74) is 5.38. The number of benzene rings is 2. The molecule has 0 spiro atoms. The Balaban J connectivity index is 1.42. The number of H-pyrrole nitrogens is 1. The molecule has 0 atom stereocenters. The van der Waals surface area contributed by atoms with Crippen LogP contribution >= 0.6 is 0 Å². The Morgan fingerprint density at radius 2 is 1.88 bits per heavy atom. The van der Waals surface area contributed by atoms with Gasteiger partial charge in [0.2, 0.25) is 0 Å². The highest BCUT2D eigenvalue weighted by molar-refractivity contribution is 5.37. The number of hydrogen-bond donors (Lipinski definition) is 1. The Morgan fingerprint density at radius 1 is 0.958 bits per heavy atom. The number of nitrogens with zero attached hydrogens (tertiary/aromatic N) is 1. The molecule has 3 aromatic rings. The lowest BCUT2D eigenvalue weighted by atomic mass is 9.99. The van der Waals surface area contributed by atoms with Crippen molar-refractivity contribution in [3.05, 3.63) is 89.2 Å². The van der Waals surface area contributed by atoms with E-state index in [-0.39, 0.29) is 0 Å². The van der Waals surface area contributed by atoms with E-state index < -0.39 is 0 Å². The van der Waals surface area contributed by atoms with Crippen LogP contribution in [0.15, 0.2) is 67.0 Å². The van der Waals surface area contributed by atoms with Gasteiger partial charge >= 0.3 is 0 Å². The maximum absolute atomic E-state index is 5.98. The molecule has 1 N–H and O–H groups in total. The first-order chi connectivity index (χ1) is 11.9. The van der Waals surface area contributed by atoms with Gasteiger partial charge in [-0.1, -0.05) is 36.4 Å². The second kappa shape index (κ2) is 6.93. The van der Waals surface area contributed by atoms with Crippen LogP contribution < -0.4 is 4.74 Å². The minimum absolute atomic E-state index is 0.618. The third-order valence-electron chi connectivity index (χ3n) is 4.59. The fourth-order valence-corrected chi connectivity index (χ4v) is 3.27. The molecule has 3 nitrogen and oxygen atoms in total. The molecule has 0 unspecified atom stereocenters. The summed E-state index contributed by atoms with van der Waals surface area (Å²) in [5.74, 6) is 0.959. The van der Waals surface area contributed by atoms with E-state index in [1.807, 2.05) is 24.4 Å². The quantitative estimate of drug-likeness (QED) is 0.765. The monoisotopic (exact) mass is 318 g/mol. The summed E-state index contributed by atoms with van der Waals surface area (Å²) in [5, 5.41) is 0. The van der Waals surface area contributed by atoms with E-state index in [9.17, 15) is 0 Å². The van der Waals surface area contributed by atoms with Gasteiger partial charge in [0.1, 0.15) is 12.4 Å². The van der Waals surface area contributed by atoms with Crippen molar-refractivity contribution in [3.8, 4) is 5.75 Å². The fraction of sp³-hybridized carbons (Fsp3) is 0.238. The summed E-state index contributed by atoms with van der Waals surface area (Å²) in [6.07, 6.45) is 5.18. The zero-order valence-electron chi connectivity index (χ0n) is 13.7. The summed E-state index contributed by atoms with van der Waals surface area (Å²) in [7, 11) is 0. The largest absolute Gasteiger partial charge is 0.489 e. The van der Waals surface area contributed by atoms with Crippen molar-refractivity contribution in [1.82, 2.24) is 9.88 Å². The Kier molecular flexibility index (Phi) is 4.34. The van der Waals surface area contributed by atoms with Crippen LogP contribution in [0.2, 0.25) is 0 Å². The topological polar surface area (TPSA) is 28.3 Å². The summed E-state index contributed by atoms with van der Waals surface area (Å²) in [6, 6.07) is 19.0. The summed E-state index contributed by atoms with van der Waals surface area (Å²) < 4.78 is 5.98. The van der Waals surface area contributed by atoms with Gasteiger partial charge in [-0.15, -0.1) is 0 Å². The highest BCUT2D eigenvalue weighted by atomic mass is 16.5. The second-order valence-electron chi connectivity index (χ2n) is 6.38. The molecule has 0 saturated carbocycles. The van der Waals surface area contributed by atoms with E-state index in [2.05, 4.69) is 52.5 Å². The van der Waals surface area contributed by atoms with Crippen molar-refractivity contribution < 1.29 is 4.74 Å². The van der Waals surface area contributed by atoms with Gasteiger partial charge in [-0.2, -0.15) is 0 Å². The molecule has 0 bridgehead atoms. The first-order valence-electron chi connectivity index (χ1n) is 8.49. The van der Waals surface area contributed by atoms with Crippen LogP contribution in [0.1, 0.15) is 22.3 Å². The number of fused-ring (bicyclic) bond motifs is 1. The van der Waals surface area contributed by atoms with Gasteiger partial charge in [0.15, 0.2) is 0 Å². The van der Waals surface area contributed by atoms with Crippen LogP contribution in [-0.4, -0.2) is 16.4 Å². The molecule has 0 fully saturated rings. The fourth-order valence-electron chi connectivity index (χ4n) is 3.27. The number of aromatic amines is 1. The van der Waals surface area contributed by atoms with Crippen LogP contribution in [0.5, 0.6) is 5.75 Å². The number of ether oxygens (including phenoxy) is 1. The van der Waals surface area contributed by atoms with Gasteiger partial charge in [-0.05, 0) is 46.9 Å². The van der Waals surface area contributed by atoms with E-state index in [0.29, 0.717) is 6.61 Å².